The lowest BCUT2D eigenvalue weighted by atomic mass is 10.0. The topological polar surface area (TPSA) is 107 Å². The second-order valence-corrected chi connectivity index (χ2v) is 2.64. The number of carboxylic acids is 1. The van der Waals surface area contributed by atoms with Crippen LogP contribution in [0.4, 0.5) is 0 Å². The molecule has 0 saturated carbocycles. The van der Waals surface area contributed by atoms with Gasteiger partial charge in [0.15, 0.2) is 6.10 Å². The van der Waals surface area contributed by atoms with Gasteiger partial charge in [-0.05, 0) is 0 Å². The third-order valence-corrected chi connectivity index (χ3v) is 1.74. The summed E-state index contributed by atoms with van der Waals surface area (Å²) in [5, 5.41) is 35.4. The Kier molecular flexibility index (Phi) is 2.63. The highest BCUT2D eigenvalue weighted by Crippen LogP contribution is 2.15. The average molecular weight is 178 g/mol. The van der Waals surface area contributed by atoms with E-state index in [4.69, 9.17) is 20.4 Å². The number of hydrogen-bond donors (Lipinski definition) is 4. The Morgan fingerprint density at radius 1 is 1.25 bits per heavy atom. The van der Waals surface area contributed by atoms with Gasteiger partial charge in [-0.15, -0.1) is 0 Å². The molecule has 0 aliphatic carbocycles. The minimum Gasteiger partial charge on any atom is -0.479 e. The van der Waals surface area contributed by atoms with E-state index in [-0.39, 0.29) is 6.61 Å². The number of aliphatic hydroxyl groups is 3. The third-order valence-electron chi connectivity index (χ3n) is 1.74. The Balaban J connectivity index is 2.65. The van der Waals surface area contributed by atoms with Gasteiger partial charge in [0.2, 0.25) is 0 Å². The highest BCUT2D eigenvalue weighted by molar-refractivity contribution is 5.73. The molecule has 0 amide bonds. The Hall–Kier alpha value is -0.690. The van der Waals surface area contributed by atoms with Crippen molar-refractivity contribution in [2.45, 2.75) is 24.4 Å². The third kappa shape index (κ3) is 1.56. The number of hydrogen-bond acceptors (Lipinski definition) is 5. The molecule has 4 N–H and O–H groups in total. The lowest BCUT2D eigenvalue weighted by Crippen LogP contribution is -2.55. The van der Waals surface area contributed by atoms with Gasteiger partial charge in [-0.2, -0.15) is 0 Å². The van der Waals surface area contributed by atoms with Crippen molar-refractivity contribution < 1.29 is 30.0 Å². The van der Waals surface area contributed by atoms with Crippen LogP contribution in [0.3, 0.4) is 0 Å². The summed E-state index contributed by atoms with van der Waals surface area (Å²) in [6.45, 7) is -0.283. The number of rotatable bonds is 1. The van der Waals surface area contributed by atoms with Crippen molar-refractivity contribution in [2.75, 3.05) is 6.61 Å². The number of carboxylic acid groups (broad SMARTS) is 1. The van der Waals surface area contributed by atoms with Crippen molar-refractivity contribution in [1.29, 1.82) is 0 Å². The fraction of sp³-hybridized carbons (Fsp3) is 0.833. The Morgan fingerprint density at radius 2 is 1.83 bits per heavy atom. The molecule has 1 heterocycles. The molecule has 6 nitrogen and oxygen atoms in total. The molecule has 0 radical (unpaired) electrons. The smallest absolute Gasteiger partial charge is 0.335 e. The van der Waals surface area contributed by atoms with Crippen molar-refractivity contribution in [2.24, 2.45) is 0 Å². The van der Waals surface area contributed by atoms with Crippen molar-refractivity contribution in [3.05, 3.63) is 0 Å². The van der Waals surface area contributed by atoms with E-state index in [2.05, 4.69) is 4.74 Å². The van der Waals surface area contributed by atoms with Gasteiger partial charge in [0.1, 0.15) is 18.3 Å². The second kappa shape index (κ2) is 3.36. The van der Waals surface area contributed by atoms with E-state index in [1.54, 1.807) is 0 Å². The zero-order chi connectivity index (χ0) is 9.30. The number of ether oxygens (including phenoxy) is 1. The van der Waals surface area contributed by atoms with Crippen molar-refractivity contribution in [1.82, 2.24) is 0 Å². The first-order valence-corrected chi connectivity index (χ1v) is 3.42. The van der Waals surface area contributed by atoms with Crippen LogP contribution >= 0.6 is 0 Å². The van der Waals surface area contributed by atoms with E-state index >= 15 is 0 Å². The highest BCUT2D eigenvalue weighted by atomic mass is 16.5. The highest BCUT2D eigenvalue weighted by Gasteiger charge is 2.41. The van der Waals surface area contributed by atoms with E-state index in [9.17, 15) is 4.79 Å². The van der Waals surface area contributed by atoms with Crippen molar-refractivity contribution >= 4 is 5.97 Å². The molecule has 0 aromatic rings. The van der Waals surface area contributed by atoms with Crippen molar-refractivity contribution in [3.8, 4) is 0 Å². The molecule has 4 atom stereocenters. The fourth-order valence-electron chi connectivity index (χ4n) is 1.02. The van der Waals surface area contributed by atoms with Gasteiger partial charge in [0, 0.05) is 0 Å². The van der Waals surface area contributed by atoms with Gasteiger partial charge in [0.05, 0.1) is 6.61 Å². The summed E-state index contributed by atoms with van der Waals surface area (Å²) in [4.78, 5) is 10.3. The van der Waals surface area contributed by atoms with Crippen molar-refractivity contribution in [3.63, 3.8) is 0 Å². The second-order valence-electron chi connectivity index (χ2n) is 2.64. The summed E-state index contributed by atoms with van der Waals surface area (Å²) in [6.07, 6.45) is -5.72. The maximum atomic E-state index is 10.3. The lowest BCUT2D eigenvalue weighted by molar-refractivity contribution is -0.201. The largest absolute Gasteiger partial charge is 0.479 e. The first-order chi connectivity index (χ1) is 5.54. The van der Waals surface area contributed by atoms with E-state index < -0.39 is 30.4 Å². The van der Waals surface area contributed by atoms with Gasteiger partial charge in [0.25, 0.3) is 0 Å². The van der Waals surface area contributed by atoms with E-state index in [0.29, 0.717) is 0 Å². The summed E-state index contributed by atoms with van der Waals surface area (Å²) in [7, 11) is 0. The Morgan fingerprint density at radius 3 is 2.33 bits per heavy atom. The first kappa shape index (κ1) is 9.40. The van der Waals surface area contributed by atoms with Gasteiger partial charge >= 0.3 is 5.97 Å². The minimum absolute atomic E-state index is 0.283. The van der Waals surface area contributed by atoms with Crippen LogP contribution in [0.1, 0.15) is 0 Å². The number of aliphatic carboxylic acids is 1. The molecule has 1 rings (SSSR count). The summed E-state index contributed by atoms with van der Waals surface area (Å²) < 4.78 is 4.57. The molecule has 1 fully saturated rings. The maximum Gasteiger partial charge on any atom is 0.335 e. The van der Waals surface area contributed by atoms with Crippen LogP contribution in [-0.4, -0.2) is 57.4 Å². The summed E-state index contributed by atoms with van der Waals surface area (Å²) in [5.41, 5.74) is 0. The molecule has 0 unspecified atom stereocenters. The minimum atomic E-state index is -1.58. The molecule has 0 bridgehead atoms. The standard InChI is InChI=1S/C6H10O6/c7-2-1-12-5(6(10)11)4(9)3(2)8/h2-5,7-9H,1H2,(H,10,11)/t2-,3-,4-,5+/m0/s1. The molecule has 1 saturated heterocycles. The Bertz CT molecular complexity index is 181. The van der Waals surface area contributed by atoms with Crippen LogP contribution in [0, 0.1) is 0 Å². The molecule has 12 heavy (non-hydrogen) atoms. The summed E-state index contributed by atoms with van der Waals surface area (Å²) in [6, 6.07) is 0. The maximum absolute atomic E-state index is 10.3. The molecule has 0 spiro atoms. The predicted octanol–water partition coefficient (Wildman–Crippen LogP) is -2.45. The average Bonchev–Trinajstić information content (AvgIpc) is 2.00. The van der Waals surface area contributed by atoms with E-state index in [1.807, 2.05) is 0 Å². The quantitative estimate of drug-likeness (QED) is 0.355. The van der Waals surface area contributed by atoms with E-state index in [0.717, 1.165) is 0 Å². The molecular weight excluding hydrogens is 168 g/mol. The van der Waals surface area contributed by atoms with Crippen LogP contribution in [-0.2, 0) is 9.53 Å². The summed E-state index contributed by atoms with van der Waals surface area (Å²) >= 11 is 0. The zero-order valence-corrected chi connectivity index (χ0v) is 6.12. The zero-order valence-electron chi connectivity index (χ0n) is 6.12. The van der Waals surface area contributed by atoms with Gasteiger partial charge in [-0.1, -0.05) is 0 Å². The van der Waals surface area contributed by atoms with Gasteiger partial charge < -0.3 is 25.2 Å². The fourth-order valence-corrected chi connectivity index (χ4v) is 1.02. The molecule has 6 heteroatoms. The molecule has 70 valence electrons. The number of carbonyl (C=O) groups is 1. The molecule has 1 aliphatic rings. The van der Waals surface area contributed by atoms with Gasteiger partial charge in [-0.3, -0.25) is 0 Å². The van der Waals surface area contributed by atoms with Crippen LogP contribution in [0.2, 0.25) is 0 Å². The van der Waals surface area contributed by atoms with Crippen LogP contribution in [0.5, 0.6) is 0 Å². The molecule has 0 aromatic heterocycles. The predicted molar refractivity (Wildman–Crippen MR) is 35.4 cm³/mol. The first-order valence-electron chi connectivity index (χ1n) is 3.42. The van der Waals surface area contributed by atoms with E-state index in [1.165, 1.54) is 0 Å². The lowest BCUT2D eigenvalue weighted by Gasteiger charge is -2.32. The monoisotopic (exact) mass is 178 g/mol. The van der Waals surface area contributed by atoms with Crippen LogP contribution < -0.4 is 0 Å². The normalized spacial score (nSPS) is 42.6. The SMILES string of the molecule is O=C(O)[C@@H]1OC[C@H](O)[C@H](O)[C@@H]1O. The van der Waals surface area contributed by atoms with Crippen LogP contribution in [0.25, 0.3) is 0 Å². The molecule has 1 aliphatic heterocycles. The number of aliphatic hydroxyl groups excluding tert-OH is 3. The molecule has 0 aromatic carbocycles. The Labute approximate surface area is 68.0 Å². The van der Waals surface area contributed by atoms with Gasteiger partial charge in [-0.25, -0.2) is 4.79 Å². The molecular formula is C6H10O6. The van der Waals surface area contributed by atoms with Crippen LogP contribution in [0.15, 0.2) is 0 Å². The summed E-state index contributed by atoms with van der Waals surface area (Å²) in [5.74, 6) is -1.35.